The molecule has 0 bridgehead atoms. The highest BCUT2D eigenvalue weighted by Gasteiger charge is 1.99. The average Bonchev–Trinajstić information content (AvgIpc) is 2.35. The summed E-state index contributed by atoms with van der Waals surface area (Å²) in [5.74, 6) is 0.823. The summed E-state index contributed by atoms with van der Waals surface area (Å²) in [4.78, 5) is 11.6. The van der Waals surface area contributed by atoms with Crippen LogP contribution in [0.2, 0.25) is 0 Å². The van der Waals surface area contributed by atoms with Gasteiger partial charge in [0.15, 0.2) is 0 Å². The fourth-order valence-corrected chi connectivity index (χ4v) is 2.07. The lowest BCUT2D eigenvalue weighted by atomic mass is 10.2. The van der Waals surface area contributed by atoms with Crippen molar-refractivity contribution in [2.24, 2.45) is 0 Å². The summed E-state index contributed by atoms with van der Waals surface area (Å²) in [6.45, 7) is 0.583. The first-order chi connectivity index (χ1) is 8.19. The first-order valence-electron chi connectivity index (χ1n) is 5.18. The highest BCUT2D eigenvalue weighted by molar-refractivity contribution is 14.1. The minimum absolute atomic E-state index is 0.0150. The fourth-order valence-electron chi connectivity index (χ4n) is 1.55. The van der Waals surface area contributed by atoms with Crippen LogP contribution < -0.4 is 10.3 Å². The molecule has 1 aromatic carbocycles. The molecule has 3 nitrogen and oxygen atoms in total. The van der Waals surface area contributed by atoms with Crippen LogP contribution in [-0.4, -0.2) is 11.7 Å². The Kier molecular flexibility index (Phi) is 3.83. The van der Waals surface area contributed by atoms with Gasteiger partial charge in [0, 0.05) is 15.8 Å². The van der Waals surface area contributed by atoms with Crippen molar-refractivity contribution in [3.63, 3.8) is 0 Å². The Hall–Kier alpha value is -1.30. The molecule has 0 saturated carbocycles. The monoisotopic (exact) mass is 341 g/mol. The topological polar surface area (TPSA) is 31.2 Å². The number of rotatable bonds is 3. The van der Waals surface area contributed by atoms with Gasteiger partial charge in [-0.05, 0) is 46.4 Å². The van der Waals surface area contributed by atoms with E-state index in [1.807, 2.05) is 36.5 Å². The fraction of sp³-hybridized carbons (Fsp3) is 0.154. The molecular weight excluding hydrogens is 329 g/mol. The van der Waals surface area contributed by atoms with E-state index in [0.717, 1.165) is 14.9 Å². The predicted molar refractivity (Wildman–Crippen MR) is 75.5 cm³/mol. The third kappa shape index (κ3) is 3.09. The van der Waals surface area contributed by atoms with E-state index in [-0.39, 0.29) is 5.56 Å². The van der Waals surface area contributed by atoms with E-state index in [1.54, 1.807) is 17.7 Å². The van der Waals surface area contributed by atoms with Crippen LogP contribution in [0.25, 0.3) is 0 Å². The van der Waals surface area contributed by atoms with Gasteiger partial charge >= 0.3 is 0 Å². The first-order valence-corrected chi connectivity index (χ1v) is 6.26. The predicted octanol–water partition coefficient (Wildman–Crippen LogP) is 2.51. The highest BCUT2D eigenvalue weighted by atomic mass is 127. The van der Waals surface area contributed by atoms with Crippen molar-refractivity contribution in [1.82, 2.24) is 4.57 Å². The second kappa shape index (κ2) is 5.35. The maximum Gasteiger partial charge on any atom is 0.250 e. The number of ether oxygens (including phenoxy) is 1. The van der Waals surface area contributed by atoms with Gasteiger partial charge in [0.1, 0.15) is 5.75 Å². The Morgan fingerprint density at radius 2 is 1.88 bits per heavy atom. The number of hydrogen-bond acceptors (Lipinski definition) is 2. The van der Waals surface area contributed by atoms with Crippen molar-refractivity contribution in [3.05, 3.63) is 62.1 Å². The van der Waals surface area contributed by atoms with E-state index in [4.69, 9.17) is 4.74 Å². The van der Waals surface area contributed by atoms with Crippen LogP contribution in [-0.2, 0) is 6.54 Å². The molecule has 2 rings (SSSR count). The summed E-state index contributed by atoms with van der Waals surface area (Å²) < 4.78 is 7.84. The molecule has 0 spiro atoms. The molecule has 0 aliphatic carbocycles. The summed E-state index contributed by atoms with van der Waals surface area (Å²) in [6.07, 6.45) is 1.85. The normalized spacial score (nSPS) is 10.2. The van der Waals surface area contributed by atoms with E-state index in [2.05, 4.69) is 22.6 Å². The minimum Gasteiger partial charge on any atom is -0.497 e. The van der Waals surface area contributed by atoms with Gasteiger partial charge in [-0.1, -0.05) is 12.1 Å². The molecule has 0 fully saturated rings. The standard InChI is InChI=1S/C13H12INO2/c1-17-12-5-2-10(3-6-12)8-15-9-11(14)4-7-13(15)16/h2-7,9H,8H2,1H3. The van der Waals surface area contributed by atoms with Crippen molar-refractivity contribution < 1.29 is 4.74 Å². The van der Waals surface area contributed by atoms with Crippen molar-refractivity contribution in [2.75, 3.05) is 7.11 Å². The lowest BCUT2D eigenvalue weighted by Gasteiger charge is -2.07. The summed E-state index contributed by atoms with van der Waals surface area (Å²) in [6, 6.07) is 11.1. The summed E-state index contributed by atoms with van der Waals surface area (Å²) >= 11 is 2.20. The molecule has 1 aromatic heterocycles. The number of nitrogens with zero attached hydrogens (tertiary/aromatic N) is 1. The molecule has 0 N–H and O–H groups in total. The largest absolute Gasteiger partial charge is 0.497 e. The van der Waals surface area contributed by atoms with Gasteiger partial charge in [0.25, 0.3) is 5.56 Å². The van der Waals surface area contributed by atoms with Gasteiger partial charge in [0.2, 0.25) is 0 Å². The van der Waals surface area contributed by atoms with Crippen LogP contribution in [0, 0.1) is 3.57 Å². The van der Waals surface area contributed by atoms with Crippen molar-refractivity contribution in [1.29, 1.82) is 0 Å². The molecule has 0 aliphatic heterocycles. The summed E-state index contributed by atoms with van der Waals surface area (Å²) in [7, 11) is 1.64. The smallest absolute Gasteiger partial charge is 0.250 e. The molecule has 0 aliphatic rings. The minimum atomic E-state index is 0.0150. The third-order valence-corrected chi connectivity index (χ3v) is 3.10. The lowest BCUT2D eigenvalue weighted by Crippen LogP contribution is -2.19. The molecule has 0 unspecified atom stereocenters. The number of hydrogen-bond donors (Lipinski definition) is 0. The van der Waals surface area contributed by atoms with Gasteiger partial charge in [-0.15, -0.1) is 0 Å². The Morgan fingerprint density at radius 1 is 1.18 bits per heavy atom. The molecule has 0 amide bonds. The van der Waals surface area contributed by atoms with Gasteiger partial charge in [-0.25, -0.2) is 0 Å². The second-order valence-corrected chi connectivity index (χ2v) is 4.91. The maximum atomic E-state index is 11.6. The molecule has 88 valence electrons. The Bertz CT molecular complexity index is 560. The van der Waals surface area contributed by atoms with Crippen LogP contribution in [0.15, 0.2) is 47.4 Å². The van der Waals surface area contributed by atoms with Crippen molar-refractivity contribution in [3.8, 4) is 5.75 Å². The van der Waals surface area contributed by atoms with Crippen LogP contribution >= 0.6 is 22.6 Å². The SMILES string of the molecule is COc1ccc(Cn2cc(I)ccc2=O)cc1. The highest BCUT2D eigenvalue weighted by Crippen LogP contribution is 2.12. The molecule has 0 radical (unpaired) electrons. The number of benzene rings is 1. The molecule has 2 aromatic rings. The van der Waals surface area contributed by atoms with E-state index in [1.165, 1.54) is 0 Å². The molecule has 0 atom stereocenters. The summed E-state index contributed by atoms with van der Waals surface area (Å²) in [5.41, 5.74) is 1.09. The quantitative estimate of drug-likeness (QED) is 0.804. The second-order valence-electron chi connectivity index (χ2n) is 3.66. The Labute approximate surface area is 113 Å². The summed E-state index contributed by atoms with van der Waals surface area (Å²) in [5, 5.41) is 0. The van der Waals surface area contributed by atoms with Gasteiger partial charge in [0.05, 0.1) is 13.7 Å². The lowest BCUT2D eigenvalue weighted by molar-refractivity contribution is 0.414. The number of halogens is 1. The van der Waals surface area contributed by atoms with Crippen LogP contribution in [0.1, 0.15) is 5.56 Å². The van der Waals surface area contributed by atoms with Gasteiger partial charge in [-0.2, -0.15) is 0 Å². The Balaban J connectivity index is 2.25. The van der Waals surface area contributed by atoms with E-state index < -0.39 is 0 Å². The third-order valence-electron chi connectivity index (χ3n) is 2.46. The average molecular weight is 341 g/mol. The zero-order valence-electron chi connectivity index (χ0n) is 9.39. The molecular formula is C13H12INO2. The van der Waals surface area contributed by atoms with Crippen molar-refractivity contribution in [2.45, 2.75) is 6.54 Å². The molecule has 4 heteroatoms. The number of pyridine rings is 1. The van der Waals surface area contributed by atoms with Crippen molar-refractivity contribution >= 4 is 22.6 Å². The Morgan fingerprint density at radius 3 is 2.53 bits per heavy atom. The van der Waals surface area contributed by atoms with Crippen LogP contribution in [0.3, 0.4) is 0 Å². The van der Waals surface area contributed by atoms with Crippen LogP contribution in [0.4, 0.5) is 0 Å². The molecule has 0 saturated heterocycles. The zero-order valence-corrected chi connectivity index (χ0v) is 11.5. The molecule has 17 heavy (non-hydrogen) atoms. The number of aromatic nitrogens is 1. The van der Waals surface area contributed by atoms with Gasteiger partial charge in [-0.3, -0.25) is 4.79 Å². The first kappa shape index (κ1) is 12.2. The van der Waals surface area contributed by atoms with Crippen LogP contribution in [0.5, 0.6) is 5.75 Å². The van der Waals surface area contributed by atoms with E-state index >= 15 is 0 Å². The van der Waals surface area contributed by atoms with E-state index in [0.29, 0.717) is 6.54 Å². The van der Waals surface area contributed by atoms with Gasteiger partial charge < -0.3 is 9.30 Å². The zero-order chi connectivity index (χ0) is 12.3. The maximum absolute atomic E-state index is 11.6. The van der Waals surface area contributed by atoms with E-state index in [9.17, 15) is 4.79 Å². The molecule has 1 heterocycles. The number of methoxy groups -OCH3 is 1.